The van der Waals surface area contributed by atoms with Crippen LogP contribution >= 0.6 is 0 Å². The molecule has 0 saturated heterocycles. The number of hydrogen-bond donors (Lipinski definition) is 0. The Morgan fingerprint density at radius 1 is 0.500 bits per heavy atom. The first-order valence-corrected chi connectivity index (χ1v) is 7.92. The van der Waals surface area contributed by atoms with Gasteiger partial charge in [0.05, 0.1) is 0 Å². The Morgan fingerprint density at radius 2 is 1.38 bits per heavy atom. The van der Waals surface area contributed by atoms with Crippen LogP contribution in [-0.2, 0) is 0 Å². The van der Waals surface area contributed by atoms with Crippen LogP contribution < -0.4 is 0 Å². The molecule has 0 spiro atoms. The SMILES string of the molecule is C1CCC2C(C1)CCC2C1CC2CCC1C2. The fraction of sp³-hybridized carbons (Fsp3) is 1.00. The summed E-state index contributed by atoms with van der Waals surface area (Å²) in [5, 5.41) is 0. The highest BCUT2D eigenvalue weighted by atomic mass is 14.5. The summed E-state index contributed by atoms with van der Waals surface area (Å²) in [4.78, 5) is 0. The molecule has 4 aliphatic carbocycles. The summed E-state index contributed by atoms with van der Waals surface area (Å²) >= 11 is 0. The van der Waals surface area contributed by atoms with Gasteiger partial charge >= 0.3 is 0 Å². The maximum absolute atomic E-state index is 1.64. The molecular formula is C16H26. The van der Waals surface area contributed by atoms with Crippen molar-refractivity contribution in [2.75, 3.05) is 0 Å². The van der Waals surface area contributed by atoms with Crippen molar-refractivity contribution in [1.29, 1.82) is 0 Å². The molecule has 0 heteroatoms. The van der Waals surface area contributed by atoms with Gasteiger partial charge in [0.15, 0.2) is 0 Å². The molecule has 0 nitrogen and oxygen atoms in total. The third-order valence-electron chi connectivity index (χ3n) is 6.73. The van der Waals surface area contributed by atoms with E-state index in [1.807, 2.05) is 0 Å². The van der Waals surface area contributed by atoms with E-state index in [9.17, 15) is 0 Å². The van der Waals surface area contributed by atoms with Crippen LogP contribution in [-0.4, -0.2) is 0 Å². The minimum Gasteiger partial charge on any atom is -0.0530 e. The van der Waals surface area contributed by atoms with Crippen molar-refractivity contribution in [2.45, 2.75) is 64.2 Å². The van der Waals surface area contributed by atoms with E-state index in [0.29, 0.717) is 0 Å². The zero-order valence-electron chi connectivity index (χ0n) is 10.5. The van der Waals surface area contributed by atoms with Crippen LogP contribution in [0.2, 0.25) is 0 Å². The second-order valence-electron chi connectivity index (χ2n) is 7.29. The zero-order valence-corrected chi connectivity index (χ0v) is 10.5. The van der Waals surface area contributed by atoms with Crippen molar-refractivity contribution >= 4 is 0 Å². The van der Waals surface area contributed by atoms with Gasteiger partial charge in [0.1, 0.15) is 0 Å². The van der Waals surface area contributed by atoms with E-state index >= 15 is 0 Å². The first-order chi connectivity index (χ1) is 7.92. The normalized spacial score (nSPS) is 55.5. The minimum absolute atomic E-state index is 1.16. The second kappa shape index (κ2) is 3.75. The molecule has 0 aliphatic heterocycles. The molecule has 0 aromatic heterocycles. The lowest BCUT2D eigenvalue weighted by atomic mass is 9.70. The number of fused-ring (bicyclic) bond motifs is 3. The highest BCUT2D eigenvalue weighted by Gasteiger charge is 2.48. The highest BCUT2D eigenvalue weighted by molar-refractivity contribution is 4.98. The van der Waals surface area contributed by atoms with Gasteiger partial charge in [-0.15, -0.1) is 0 Å². The first kappa shape index (κ1) is 9.97. The van der Waals surface area contributed by atoms with E-state index in [0.717, 1.165) is 11.8 Å². The maximum atomic E-state index is 1.64. The van der Waals surface area contributed by atoms with E-state index in [1.165, 1.54) is 23.7 Å². The standard InChI is InChI=1S/C16H26/c1-2-4-14-12(3-1)7-8-15(14)16-10-11-5-6-13(16)9-11/h11-16H,1-10H2. The van der Waals surface area contributed by atoms with E-state index < -0.39 is 0 Å². The summed E-state index contributed by atoms with van der Waals surface area (Å²) in [7, 11) is 0. The molecule has 4 rings (SSSR count). The minimum atomic E-state index is 1.16. The average molecular weight is 218 g/mol. The van der Waals surface area contributed by atoms with Gasteiger partial charge in [-0.25, -0.2) is 0 Å². The Hall–Kier alpha value is 0. The van der Waals surface area contributed by atoms with E-state index in [1.54, 1.807) is 64.2 Å². The van der Waals surface area contributed by atoms with Crippen molar-refractivity contribution in [1.82, 2.24) is 0 Å². The van der Waals surface area contributed by atoms with Gasteiger partial charge in [0.25, 0.3) is 0 Å². The molecule has 0 aromatic rings. The molecule has 16 heavy (non-hydrogen) atoms. The summed E-state index contributed by atoms with van der Waals surface area (Å²) in [6, 6.07) is 0. The predicted octanol–water partition coefficient (Wildman–Crippen LogP) is 4.64. The van der Waals surface area contributed by atoms with Crippen LogP contribution in [0.15, 0.2) is 0 Å². The van der Waals surface area contributed by atoms with Crippen LogP contribution in [0.5, 0.6) is 0 Å². The Labute approximate surface area is 100 Å². The fourth-order valence-electron chi connectivity index (χ4n) is 6.13. The second-order valence-corrected chi connectivity index (χ2v) is 7.29. The molecule has 0 heterocycles. The molecule has 0 radical (unpaired) electrons. The Balaban J connectivity index is 1.51. The van der Waals surface area contributed by atoms with Crippen molar-refractivity contribution in [3.05, 3.63) is 0 Å². The Kier molecular flexibility index (Phi) is 2.34. The average Bonchev–Trinajstić information content (AvgIpc) is 3.03. The largest absolute Gasteiger partial charge is 0.0530 e. The molecule has 2 bridgehead atoms. The van der Waals surface area contributed by atoms with Crippen LogP contribution in [0.4, 0.5) is 0 Å². The van der Waals surface area contributed by atoms with Gasteiger partial charge in [-0.1, -0.05) is 25.7 Å². The summed E-state index contributed by atoms with van der Waals surface area (Å²) in [5.74, 6) is 7.05. The monoisotopic (exact) mass is 218 g/mol. The fourth-order valence-corrected chi connectivity index (χ4v) is 6.13. The molecule has 6 unspecified atom stereocenters. The van der Waals surface area contributed by atoms with Crippen molar-refractivity contribution in [3.63, 3.8) is 0 Å². The van der Waals surface area contributed by atoms with Crippen LogP contribution in [0.3, 0.4) is 0 Å². The van der Waals surface area contributed by atoms with Crippen molar-refractivity contribution in [3.8, 4) is 0 Å². The lowest BCUT2D eigenvalue weighted by molar-refractivity contribution is 0.138. The highest BCUT2D eigenvalue weighted by Crippen LogP contribution is 2.58. The van der Waals surface area contributed by atoms with Gasteiger partial charge in [0, 0.05) is 0 Å². The summed E-state index contributed by atoms with van der Waals surface area (Å²) in [6.07, 6.45) is 15.9. The van der Waals surface area contributed by atoms with E-state index in [-0.39, 0.29) is 0 Å². The van der Waals surface area contributed by atoms with Crippen molar-refractivity contribution < 1.29 is 0 Å². The summed E-state index contributed by atoms with van der Waals surface area (Å²) < 4.78 is 0. The Bertz CT molecular complexity index is 269. The zero-order chi connectivity index (χ0) is 10.5. The molecular weight excluding hydrogens is 192 g/mol. The predicted molar refractivity (Wildman–Crippen MR) is 67.1 cm³/mol. The summed E-state index contributed by atoms with van der Waals surface area (Å²) in [6.45, 7) is 0. The first-order valence-electron chi connectivity index (χ1n) is 7.92. The lowest BCUT2D eigenvalue weighted by Gasteiger charge is -2.36. The van der Waals surface area contributed by atoms with Gasteiger partial charge in [-0.2, -0.15) is 0 Å². The summed E-state index contributed by atoms with van der Waals surface area (Å²) in [5.41, 5.74) is 0. The van der Waals surface area contributed by atoms with Gasteiger partial charge in [-0.3, -0.25) is 0 Å². The van der Waals surface area contributed by atoms with Gasteiger partial charge < -0.3 is 0 Å². The van der Waals surface area contributed by atoms with Gasteiger partial charge in [-0.05, 0) is 74.0 Å². The molecule has 6 atom stereocenters. The van der Waals surface area contributed by atoms with Crippen LogP contribution in [0.1, 0.15) is 64.2 Å². The van der Waals surface area contributed by atoms with Gasteiger partial charge in [0.2, 0.25) is 0 Å². The molecule has 0 aromatic carbocycles. The quantitative estimate of drug-likeness (QED) is 0.601. The molecule has 90 valence electrons. The molecule has 4 aliphatic rings. The third-order valence-corrected chi connectivity index (χ3v) is 6.73. The van der Waals surface area contributed by atoms with Crippen LogP contribution in [0.25, 0.3) is 0 Å². The lowest BCUT2D eigenvalue weighted by Crippen LogP contribution is -2.27. The maximum Gasteiger partial charge on any atom is -0.0352 e. The molecule has 0 N–H and O–H groups in total. The number of hydrogen-bond acceptors (Lipinski definition) is 0. The third kappa shape index (κ3) is 1.41. The van der Waals surface area contributed by atoms with E-state index in [4.69, 9.17) is 0 Å². The molecule has 4 saturated carbocycles. The van der Waals surface area contributed by atoms with E-state index in [2.05, 4.69) is 0 Å². The molecule has 4 fully saturated rings. The van der Waals surface area contributed by atoms with Crippen molar-refractivity contribution in [2.24, 2.45) is 35.5 Å². The topological polar surface area (TPSA) is 0 Å². The Morgan fingerprint density at radius 3 is 2.19 bits per heavy atom. The van der Waals surface area contributed by atoms with Crippen LogP contribution in [0, 0.1) is 35.5 Å². The molecule has 0 amide bonds. The smallest absolute Gasteiger partial charge is 0.0352 e. The number of rotatable bonds is 1.